The summed E-state index contributed by atoms with van der Waals surface area (Å²) >= 11 is 0. The summed E-state index contributed by atoms with van der Waals surface area (Å²) in [6.07, 6.45) is 6.71. The van der Waals surface area contributed by atoms with E-state index < -0.39 is 0 Å². The normalized spacial score (nSPS) is 18.8. The van der Waals surface area contributed by atoms with Crippen molar-refractivity contribution in [1.82, 2.24) is 15.1 Å². The van der Waals surface area contributed by atoms with Crippen LogP contribution in [0.25, 0.3) is 0 Å². The van der Waals surface area contributed by atoms with Gasteiger partial charge in [-0.2, -0.15) is 5.10 Å². The second-order valence-corrected chi connectivity index (χ2v) is 5.49. The van der Waals surface area contributed by atoms with E-state index in [-0.39, 0.29) is 0 Å². The van der Waals surface area contributed by atoms with Gasteiger partial charge in [-0.3, -0.25) is 4.68 Å². The van der Waals surface area contributed by atoms with E-state index in [1.54, 1.807) is 0 Å². The Balaban J connectivity index is 1.75. The average Bonchev–Trinajstić information content (AvgIpc) is 2.86. The minimum atomic E-state index is 0.599. The zero-order valence-corrected chi connectivity index (χ0v) is 11.4. The first-order chi connectivity index (χ1) is 8.15. The molecule has 0 amide bonds. The van der Waals surface area contributed by atoms with Crippen molar-refractivity contribution in [3.8, 4) is 0 Å². The molecule has 1 aromatic rings. The standard InChI is InChI=1S/C14H25N3/c1-11(15-14-6-4-5-7-14)8-9-17-13(3)10-12(2)16-17/h10-11,14-15H,4-9H2,1-3H3. The maximum Gasteiger partial charge on any atom is 0.0596 e. The Morgan fingerprint density at radius 2 is 2.12 bits per heavy atom. The number of hydrogen-bond acceptors (Lipinski definition) is 2. The van der Waals surface area contributed by atoms with Gasteiger partial charge in [0.05, 0.1) is 5.69 Å². The second-order valence-electron chi connectivity index (χ2n) is 5.49. The summed E-state index contributed by atoms with van der Waals surface area (Å²) in [5.74, 6) is 0. The van der Waals surface area contributed by atoms with Gasteiger partial charge in [-0.05, 0) is 46.1 Å². The highest BCUT2D eigenvalue weighted by Gasteiger charge is 2.16. The Kier molecular flexibility index (Phi) is 4.21. The minimum Gasteiger partial charge on any atom is -0.311 e. The lowest BCUT2D eigenvalue weighted by atomic mass is 10.1. The van der Waals surface area contributed by atoms with Crippen LogP contribution in [0, 0.1) is 13.8 Å². The number of aryl methyl sites for hydroxylation is 3. The van der Waals surface area contributed by atoms with Gasteiger partial charge in [0.15, 0.2) is 0 Å². The molecule has 1 unspecified atom stereocenters. The molecule has 1 N–H and O–H groups in total. The molecule has 17 heavy (non-hydrogen) atoms. The zero-order valence-electron chi connectivity index (χ0n) is 11.4. The van der Waals surface area contributed by atoms with Crippen LogP contribution in [0.1, 0.15) is 50.4 Å². The summed E-state index contributed by atoms with van der Waals surface area (Å²) in [4.78, 5) is 0. The van der Waals surface area contributed by atoms with Gasteiger partial charge in [0.2, 0.25) is 0 Å². The van der Waals surface area contributed by atoms with Crippen LogP contribution in [0.3, 0.4) is 0 Å². The Morgan fingerprint density at radius 1 is 1.41 bits per heavy atom. The zero-order chi connectivity index (χ0) is 12.3. The van der Waals surface area contributed by atoms with E-state index >= 15 is 0 Å². The topological polar surface area (TPSA) is 29.9 Å². The SMILES string of the molecule is Cc1cc(C)n(CCC(C)NC2CCCC2)n1. The molecule has 3 heteroatoms. The molecular weight excluding hydrogens is 210 g/mol. The summed E-state index contributed by atoms with van der Waals surface area (Å²) in [7, 11) is 0. The molecule has 0 aromatic carbocycles. The molecule has 0 aliphatic heterocycles. The maximum atomic E-state index is 4.50. The molecule has 1 saturated carbocycles. The van der Waals surface area contributed by atoms with Gasteiger partial charge < -0.3 is 5.32 Å². The first-order valence-electron chi connectivity index (χ1n) is 6.92. The van der Waals surface area contributed by atoms with Crippen LogP contribution >= 0.6 is 0 Å². The maximum absolute atomic E-state index is 4.50. The Bertz CT molecular complexity index is 350. The molecule has 2 rings (SSSR count). The molecule has 1 atom stereocenters. The third-order valence-corrected chi connectivity index (χ3v) is 3.75. The quantitative estimate of drug-likeness (QED) is 0.850. The van der Waals surface area contributed by atoms with Crippen molar-refractivity contribution in [3.63, 3.8) is 0 Å². The molecule has 0 saturated heterocycles. The van der Waals surface area contributed by atoms with Gasteiger partial charge in [0.1, 0.15) is 0 Å². The molecule has 1 aliphatic carbocycles. The van der Waals surface area contributed by atoms with Crippen molar-refractivity contribution in [2.45, 2.75) is 71.5 Å². The molecule has 1 heterocycles. The minimum absolute atomic E-state index is 0.599. The fourth-order valence-electron chi connectivity index (χ4n) is 2.80. The smallest absolute Gasteiger partial charge is 0.0596 e. The predicted molar refractivity (Wildman–Crippen MR) is 71.2 cm³/mol. The van der Waals surface area contributed by atoms with E-state index in [0.29, 0.717) is 6.04 Å². The molecule has 0 spiro atoms. The highest BCUT2D eigenvalue weighted by atomic mass is 15.3. The summed E-state index contributed by atoms with van der Waals surface area (Å²) in [6, 6.07) is 3.52. The van der Waals surface area contributed by atoms with Gasteiger partial charge in [-0.1, -0.05) is 12.8 Å². The fraction of sp³-hybridized carbons (Fsp3) is 0.786. The molecule has 0 radical (unpaired) electrons. The molecule has 1 fully saturated rings. The van der Waals surface area contributed by atoms with Gasteiger partial charge in [-0.25, -0.2) is 0 Å². The van der Waals surface area contributed by atoms with E-state index in [9.17, 15) is 0 Å². The Labute approximate surface area is 105 Å². The van der Waals surface area contributed by atoms with Crippen molar-refractivity contribution >= 4 is 0 Å². The van der Waals surface area contributed by atoms with Crippen LogP contribution in [-0.4, -0.2) is 21.9 Å². The lowest BCUT2D eigenvalue weighted by Gasteiger charge is -2.19. The molecule has 96 valence electrons. The van der Waals surface area contributed by atoms with Crippen molar-refractivity contribution in [1.29, 1.82) is 0 Å². The summed E-state index contributed by atoms with van der Waals surface area (Å²) in [5, 5.41) is 8.24. The highest BCUT2D eigenvalue weighted by molar-refractivity contribution is 5.06. The molecular formula is C14H25N3. The van der Waals surface area contributed by atoms with E-state index in [4.69, 9.17) is 0 Å². The third kappa shape index (κ3) is 3.56. The Hall–Kier alpha value is -0.830. The highest BCUT2D eigenvalue weighted by Crippen LogP contribution is 2.18. The lowest BCUT2D eigenvalue weighted by molar-refractivity contribution is 0.402. The van der Waals surface area contributed by atoms with Gasteiger partial charge in [0, 0.05) is 24.3 Å². The number of hydrogen-bond donors (Lipinski definition) is 1. The molecule has 1 aliphatic rings. The average molecular weight is 235 g/mol. The first-order valence-corrected chi connectivity index (χ1v) is 6.92. The summed E-state index contributed by atoms with van der Waals surface area (Å²) in [6.45, 7) is 7.52. The molecule has 1 aromatic heterocycles. The monoisotopic (exact) mass is 235 g/mol. The molecule has 3 nitrogen and oxygen atoms in total. The summed E-state index contributed by atoms with van der Waals surface area (Å²) in [5.41, 5.74) is 2.40. The molecule has 0 bridgehead atoms. The fourth-order valence-corrected chi connectivity index (χ4v) is 2.80. The van der Waals surface area contributed by atoms with Crippen LogP contribution < -0.4 is 5.32 Å². The largest absolute Gasteiger partial charge is 0.311 e. The van der Waals surface area contributed by atoms with Gasteiger partial charge in [0.25, 0.3) is 0 Å². The van der Waals surface area contributed by atoms with Crippen molar-refractivity contribution in [2.75, 3.05) is 0 Å². The first kappa shape index (κ1) is 12.6. The van der Waals surface area contributed by atoms with Crippen LogP contribution in [0.5, 0.6) is 0 Å². The van der Waals surface area contributed by atoms with E-state index in [1.807, 2.05) is 0 Å². The third-order valence-electron chi connectivity index (χ3n) is 3.75. The van der Waals surface area contributed by atoms with Crippen LogP contribution in [-0.2, 0) is 6.54 Å². The number of aromatic nitrogens is 2. The number of nitrogens with one attached hydrogen (secondary N) is 1. The van der Waals surface area contributed by atoms with E-state index in [0.717, 1.165) is 18.3 Å². The van der Waals surface area contributed by atoms with Crippen molar-refractivity contribution < 1.29 is 0 Å². The second kappa shape index (κ2) is 5.67. The van der Waals surface area contributed by atoms with Crippen molar-refractivity contribution in [3.05, 3.63) is 17.5 Å². The van der Waals surface area contributed by atoms with Gasteiger partial charge in [-0.15, -0.1) is 0 Å². The lowest BCUT2D eigenvalue weighted by Crippen LogP contribution is -2.35. The van der Waals surface area contributed by atoms with Gasteiger partial charge >= 0.3 is 0 Å². The van der Waals surface area contributed by atoms with E-state index in [2.05, 4.69) is 41.9 Å². The van der Waals surface area contributed by atoms with Crippen molar-refractivity contribution in [2.24, 2.45) is 0 Å². The van der Waals surface area contributed by atoms with Crippen LogP contribution in [0.15, 0.2) is 6.07 Å². The number of rotatable bonds is 5. The van der Waals surface area contributed by atoms with E-state index in [1.165, 1.54) is 37.8 Å². The van der Waals surface area contributed by atoms with Crippen LogP contribution in [0.4, 0.5) is 0 Å². The number of nitrogens with zero attached hydrogens (tertiary/aromatic N) is 2. The predicted octanol–water partition coefficient (Wildman–Crippen LogP) is 2.81. The summed E-state index contributed by atoms with van der Waals surface area (Å²) < 4.78 is 2.13. The Morgan fingerprint density at radius 3 is 2.71 bits per heavy atom. The van der Waals surface area contributed by atoms with Crippen LogP contribution in [0.2, 0.25) is 0 Å².